The van der Waals surface area contributed by atoms with Gasteiger partial charge in [0.2, 0.25) is 10.0 Å². The molecular formula is C18H24F2IN5O2S2. The number of aliphatic imine (C=N–C) groups is 1. The lowest BCUT2D eigenvalue weighted by molar-refractivity contribution is 0.576. The van der Waals surface area contributed by atoms with Crippen LogP contribution >= 0.6 is 35.3 Å². The van der Waals surface area contributed by atoms with Crippen LogP contribution in [-0.2, 0) is 16.6 Å². The molecule has 1 aromatic carbocycles. The Bertz CT molecular complexity index is 980. The molecule has 0 spiro atoms. The first-order valence-corrected chi connectivity index (χ1v) is 11.5. The van der Waals surface area contributed by atoms with E-state index in [4.69, 9.17) is 5.14 Å². The topological polar surface area (TPSA) is 99.8 Å². The van der Waals surface area contributed by atoms with Gasteiger partial charge in [-0.05, 0) is 37.6 Å². The van der Waals surface area contributed by atoms with E-state index in [0.29, 0.717) is 32.0 Å². The van der Waals surface area contributed by atoms with Crippen molar-refractivity contribution in [2.45, 2.75) is 30.1 Å². The molecule has 7 nitrogen and oxygen atoms in total. The minimum absolute atomic E-state index is 0. The summed E-state index contributed by atoms with van der Waals surface area (Å²) < 4.78 is 50.9. The lowest BCUT2D eigenvalue weighted by Gasteiger charge is -2.21. The molecule has 1 fully saturated rings. The number of para-hydroxylation sites is 1. The van der Waals surface area contributed by atoms with Gasteiger partial charge in [-0.15, -0.1) is 35.3 Å². The van der Waals surface area contributed by atoms with Gasteiger partial charge in [-0.25, -0.2) is 27.3 Å². The zero-order valence-corrected chi connectivity index (χ0v) is 20.2. The van der Waals surface area contributed by atoms with Crippen molar-refractivity contribution in [2.24, 2.45) is 10.1 Å². The molecule has 0 amide bonds. The van der Waals surface area contributed by atoms with Crippen molar-refractivity contribution in [3.8, 4) is 0 Å². The normalized spacial score (nSPS) is 17.0. The number of benzene rings is 1. The fourth-order valence-corrected chi connectivity index (χ4v) is 4.84. The summed E-state index contributed by atoms with van der Waals surface area (Å²) in [4.78, 5) is 6.92. The van der Waals surface area contributed by atoms with Crippen molar-refractivity contribution in [2.75, 3.05) is 24.5 Å². The first-order chi connectivity index (χ1) is 13.8. The number of nitrogens with zero attached hydrogens (tertiary/aromatic N) is 2. The molecular weight excluding hydrogens is 547 g/mol. The molecule has 0 aliphatic carbocycles. The van der Waals surface area contributed by atoms with E-state index in [1.807, 2.05) is 6.92 Å². The van der Waals surface area contributed by atoms with Gasteiger partial charge in [-0.2, -0.15) is 0 Å². The number of thiophene rings is 1. The van der Waals surface area contributed by atoms with Crippen LogP contribution in [0.2, 0.25) is 0 Å². The first-order valence-electron chi connectivity index (χ1n) is 9.13. The highest BCUT2D eigenvalue weighted by molar-refractivity contribution is 14.0. The Kier molecular flexibility index (Phi) is 8.82. The van der Waals surface area contributed by atoms with Gasteiger partial charge in [0.25, 0.3) is 0 Å². The van der Waals surface area contributed by atoms with Crippen molar-refractivity contribution in [3.05, 3.63) is 46.8 Å². The van der Waals surface area contributed by atoms with E-state index in [0.717, 1.165) is 16.2 Å². The Balaban J connectivity index is 0.00000320. The summed E-state index contributed by atoms with van der Waals surface area (Å²) in [6.45, 7) is 3.82. The molecule has 4 N–H and O–H groups in total. The lowest BCUT2D eigenvalue weighted by atomic mass is 10.2. The van der Waals surface area contributed by atoms with E-state index >= 15 is 0 Å². The molecule has 0 saturated carbocycles. The van der Waals surface area contributed by atoms with E-state index in [-0.39, 0.29) is 46.5 Å². The Labute approximate surface area is 195 Å². The van der Waals surface area contributed by atoms with Crippen LogP contribution in [0.3, 0.4) is 0 Å². The van der Waals surface area contributed by atoms with Gasteiger partial charge in [-0.1, -0.05) is 6.07 Å². The molecule has 30 heavy (non-hydrogen) atoms. The van der Waals surface area contributed by atoms with Crippen LogP contribution in [0.25, 0.3) is 0 Å². The van der Waals surface area contributed by atoms with Crippen LogP contribution < -0.4 is 20.7 Å². The standard InChI is InChI=1S/C18H23F2N5O2S2.HI/c1-2-22-18(23-10-13-6-7-16(28-13)29(21,26)27)24-12-8-9-25(11-12)17-14(19)4-3-5-15(17)20;/h3-7,12H,2,8-11H2,1H3,(H2,21,26,27)(H2,22,23,24);1H. The van der Waals surface area contributed by atoms with Crippen LogP contribution in [0.5, 0.6) is 0 Å². The summed E-state index contributed by atoms with van der Waals surface area (Å²) in [5, 5.41) is 11.5. The molecule has 2 aromatic rings. The maximum Gasteiger partial charge on any atom is 0.247 e. The number of halogens is 3. The number of nitrogens with two attached hydrogens (primary N) is 1. The average Bonchev–Trinajstić information content (AvgIpc) is 3.29. The minimum Gasteiger partial charge on any atom is -0.365 e. The molecule has 1 aliphatic heterocycles. The number of nitrogens with one attached hydrogen (secondary N) is 2. The van der Waals surface area contributed by atoms with Crippen LogP contribution in [0.4, 0.5) is 14.5 Å². The van der Waals surface area contributed by atoms with Gasteiger partial charge >= 0.3 is 0 Å². The second-order valence-electron chi connectivity index (χ2n) is 6.61. The fraction of sp³-hybridized carbons (Fsp3) is 0.389. The van der Waals surface area contributed by atoms with Gasteiger partial charge in [-0.3, -0.25) is 0 Å². The summed E-state index contributed by atoms with van der Waals surface area (Å²) in [5.74, 6) is -0.594. The molecule has 166 valence electrons. The van der Waals surface area contributed by atoms with Gasteiger partial charge in [0.1, 0.15) is 21.5 Å². The predicted molar refractivity (Wildman–Crippen MR) is 126 cm³/mol. The second-order valence-corrected chi connectivity index (χ2v) is 9.56. The Hall–Kier alpha value is -1.51. The van der Waals surface area contributed by atoms with Crippen LogP contribution in [0.15, 0.2) is 39.5 Å². The summed E-state index contributed by atoms with van der Waals surface area (Å²) in [6.07, 6.45) is 0.701. The van der Waals surface area contributed by atoms with E-state index < -0.39 is 21.7 Å². The van der Waals surface area contributed by atoms with Crippen molar-refractivity contribution in [3.63, 3.8) is 0 Å². The zero-order valence-electron chi connectivity index (χ0n) is 16.3. The molecule has 1 aliphatic rings. The van der Waals surface area contributed by atoms with Crippen LogP contribution in [0.1, 0.15) is 18.2 Å². The molecule has 12 heteroatoms. The molecule has 1 saturated heterocycles. The van der Waals surface area contributed by atoms with Gasteiger partial charge in [0.15, 0.2) is 5.96 Å². The zero-order chi connectivity index (χ0) is 21.0. The van der Waals surface area contributed by atoms with Crippen molar-refractivity contribution in [1.82, 2.24) is 10.6 Å². The molecule has 2 heterocycles. The SMILES string of the molecule is CCNC(=NCc1ccc(S(N)(=O)=O)s1)NC1CCN(c2c(F)cccc2F)C1.I. The molecule has 3 rings (SSSR count). The largest absolute Gasteiger partial charge is 0.365 e. The van der Waals surface area contributed by atoms with Gasteiger partial charge in [0, 0.05) is 30.6 Å². The molecule has 1 aromatic heterocycles. The van der Waals surface area contributed by atoms with Crippen molar-refractivity contribution in [1.29, 1.82) is 0 Å². The van der Waals surface area contributed by atoms with Gasteiger partial charge in [0.05, 0.1) is 6.54 Å². The summed E-state index contributed by atoms with van der Waals surface area (Å²) in [7, 11) is -3.72. The fourth-order valence-electron chi connectivity index (χ4n) is 3.14. The average molecular weight is 571 g/mol. The summed E-state index contributed by atoms with van der Waals surface area (Å²) in [5.41, 5.74) is -0.00662. The minimum atomic E-state index is -3.72. The number of primary sulfonamides is 1. The van der Waals surface area contributed by atoms with Crippen LogP contribution in [-0.4, -0.2) is 40.1 Å². The van der Waals surface area contributed by atoms with Crippen LogP contribution in [0, 0.1) is 11.6 Å². The maximum absolute atomic E-state index is 14.0. The summed E-state index contributed by atoms with van der Waals surface area (Å²) in [6, 6.07) is 6.96. The number of sulfonamides is 1. The van der Waals surface area contributed by atoms with E-state index in [2.05, 4.69) is 15.6 Å². The number of rotatable bonds is 6. The highest BCUT2D eigenvalue weighted by Crippen LogP contribution is 2.26. The Morgan fingerprint density at radius 2 is 2.00 bits per heavy atom. The third-order valence-corrected chi connectivity index (χ3v) is 6.95. The van der Waals surface area contributed by atoms with E-state index in [1.54, 1.807) is 11.0 Å². The van der Waals surface area contributed by atoms with Gasteiger partial charge < -0.3 is 15.5 Å². The first kappa shape index (κ1) is 24.8. The second kappa shape index (κ2) is 10.7. The Morgan fingerprint density at radius 1 is 1.30 bits per heavy atom. The van der Waals surface area contributed by atoms with Crippen molar-refractivity contribution < 1.29 is 17.2 Å². The predicted octanol–water partition coefficient (Wildman–Crippen LogP) is 2.63. The summed E-state index contributed by atoms with van der Waals surface area (Å²) >= 11 is 1.08. The quantitative estimate of drug-likeness (QED) is 0.282. The monoisotopic (exact) mass is 571 g/mol. The highest BCUT2D eigenvalue weighted by Gasteiger charge is 2.27. The Morgan fingerprint density at radius 3 is 2.60 bits per heavy atom. The van der Waals surface area contributed by atoms with E-state index in [9.17, 15) is 17.2 Å². The van der Waals surface area contributed by atoms with Crippen molar-refractivity contribution >= 4 is 57.0 Å². The molecule has 0 bridgehead atoms. The number of guanidine groups is 1. The lowest BCUT2D eigenvalue weighted by Crippen LogP contribution is -2.44. The number of anilines is 1. The molecule has 1 atom stereocenters. The molecule has 0 radical (unpaired) electrons. The smallest absolute Gasteiger partial charge is 0.247 e. The number of hydrogen-bond donors (Lipinski definition) is 3. The third kappa shape index (κ3) is 6.25. The highest BCUT2D eigenvalue weighted by atomic mass is 127. The number of hydrogen-bond acceptors (Lipinski definition) is 5. The molecule has 1 unspecified atom stereocenters. The van der Waals surface area contributed by atoms with E-state index in [1.165, 1.54) is 24.3 Å². The third-order valence-electron chi connectivity index (χ3n) is 4.44. The maximum atomic E-state index is 14.0.